The molecule has 1 aliphatic rings. The Labute approximate surface area is 105 Å². The molecule has 0 saturated heterocycles. The maximum atomic E-state index is 11.6. The predicted molar refractivity (Wildman–Crippen MR) is 71.8 cm³/mol. The summed E-state index contributed by atoms with van der Waals surface area (Å²) in [5.41, 5.74) is 5.71. The quantitative estimate of drug-likeness (QED) is 0.821. The lowest BCUT2D eigenvalue weighted by molar-refractivity contribution is 0.0846. The molecule has 17 heavy (non-hydrogen) atoms. The molecule has 4 nitrogen and oxygen atoms in total. The molecule has 0 bridgehead atoms. The zero-order chi connectivity index (χ0) is 13.3. The van der Waals surface area contributed by atoms with Crippen molar-refractivity contribution < 1.29 is 8.42 Å². The van der Waals surface area contributed by atoms with Crippen LogP contribution in [0.3, 0.4) is 0 Å². The zero-order valence-corrected chi connectivity index (χ0v) is 12.3. The monoisotopic (exact) mass is 262 g/mol. The Morgan fingerprint density at radius 2 is 1.94 bits per heavy atom. The van der Waals surface area contributed by atoms with Gasteiger partial charge in [0.25, 0.3) is 0 Å². The van der Waals surface area contributed by atoms with Crippen LogP contribution < -0.4 is 5.73 Å². The molecule has 0 radical (unpaired) electrons. The highest BCUT2D eigenvalue weighted by Crippen LogP contribution is 2.29. The fraction of sp³-hybridized carbons (Fsp3) is 1.00. The van der Waals surface area contributed by atoms with Gasteiger partial charge in [-0.05, 0) is 40.2 Å². The Hall–Kier alpha value is -0.130. The van der Waals surface area contributed by atoms with Crippen LogP contribution in [0.1, 0.15) is 39.5 Å². The van der Waals surface area contributed by atoms with Crippen LogP contribution in [0.5, 0.6) is 0 Å². The topological polar surface area (TPSA) is 63.4 Å². The van der Waals surface area contributed by atoms with Crippen molar-refractivity contribution in [2.75, 3.05) is 19.8 Å². The molecule has 2 atom stereocenters. The largest absolute Gasteiger partial charge is 0.329 e. The third-order valence-electron chi connectivity index (χ3n) is 4.21. The predicted octanol–water partition coefficient (Wildman–Crippen LogP) is 1.01. The van der Waals surface area contributed by atoms with Crippen molar-refractivity contribution in [3.63, 3.8) is 0 Å². The highest BCUT2D eigenvalue weighted by molar-refractivity contribution is 7.91. The molecule has 1 aliphatic carbocycles. The minimum Gasteiger partial charge on any atom is -0.329 e. The summed E-state index contributed by atoms with van der Waals surface area (Å²) in [5.74, 6) is 0. The van der Waals surface area contributed by atoms with Gasteiger partial charge in [0, 0.05) is 24.4 Å². The average molecular weight is 262 g/mol. The summed E-state index contributed by atoms with van der Waals surface area (Å²) in [4.78, 5) is 2.25. The fourth-order valence-electron chi connectivity index (χ4n) is 2.50. The first-order chi connectivity index (χ1) is 7.68. The average Bonchev–Trinajstić information content (AvgIpc) is 2.27. The van der Waals surface area contributed by atoms with Gasteiger partial charge >= 0.3 is 0 Å². The summed E-state index contributed by atoms with van der Waals surface area (Å²) in [6.45, 7) is 4.80. The van der Waals surface area contributed by atoms with Crippen LogP contribution in [0.15, 0.2) is 0 Å². The molecule has 102 valence electrons. The third-order valence-corrected chi connectivity index (χ3v) is 5.85. The van der Waals surface area contributed by atoms with Crippen molar-refractivity contribution in [3.05, 3.63) is 0 Å². The summed E-state index contributed by atoms with van der Waals surface area (Å²) in [6.07, 6.45) is 4.98. The van der Waals surface area contributed by atoms with Crippen LogP contribution in [0.4, 0.5) is 0 Å². The van der Waals surface area contributed by atoms with E-state index in [1.165, 1.54) is 6.26 Å². The smallest absolute Gasteiger partial charge is 0.150 e. The molecule has 1 rings (SSSR count). The molecule has 1 saturated carbocycles. The molecular weight excluding hydrogens is 236 g/mol. The maximum absolute atomic E-state index is 11.6. The first-order valence-electron chi connectivity index (χ1n) is 6.30. The van der Waals surface area contributed by atoms with E-state index < -0.39 is 9.84 Å². The Bertz CT molecular complexity index is 352. The fourth-order valence-corrected chi connectivity index (χ4v) is 3.67. The van der Waals surface area contributed by atoms with Crippen LogP contribution in [-0.2, 0) is 9.84 Å². The highest BCUT2D eigenvalue weighted by Gasteiger charge is 2.35. The van der Waals surface area contributed by atoms with E-state index in [0.717, 1.165) is 25.7 Å². The molecule has 0 aliphatic heterocycles. The van der Waals surface area contributed by atoms with Crippen LogP contribution in [-0.4, -0.2) is 50.0 Å². The number of rotatable bonds is 4. The second-order valence-electron chi connectivity index (χ2n) is 5.90. The van der Waals surface area contributed by atoms with Crippen molar-refractivity contribution in [2.45, 2.75) is 56.4 Å². The van der Waals surface area contributed by atoms with Gasteiger partial charge in [-0.1, -0.05) is 6.42 Å². The van der Waals surface area contributed by atoms with Crippen molar-refractivity contribution in [1.29, 1.82) is 0 Å². The van der Waals surface area contributed by atoms with Gasteiger partial charge in [-0.25, -0.2) is 8.42 Å². The van der Waals surface area contributed by atoms with Crippen LogP contribution in [0, 0.1) is 0 Å². The molecule has 0 spiro atoms. The van der Waals surface area contributed by atoms with E-state index in [2.05, 4.69) is 25.8 Å². The molecule has 2 N–H and O–H groups in total. The molecular formula is C12H26N2O2S. The maximum Gasteiger partial charge on any atom is 0.150 e. The van der Waals surface area contributed by atoms with Crippen molar-refractivity contribution in [1.82, 2.24) is 4.90 Å². The van der Waals surface area contributed by atoms with Gasteiger partial charge in [-0.2, -0.15) is 0 Å². The van der Waals surface area contributed by atoms with E-state index in [4.69, 9.17) is 5.73 Å². The molecule has 0 aromatic heterocycles. The zero-order valence-electron chi connectivity index (χ0n) is 11.4. The van der Waals surface area contributed by atoms with Crippen LogP contribution in [0.25, 0.3) is 0 Å². The summed E-state index contributed by atoms with van der Waals surface area (Å²) in [6, 6.07) is 0.335. The van der Waals surface area contributed by atoms with E-state index in [0.29, 0.717) is 12.6 Å². The van der Waals surface area contributed by atoms with Crippen molar-refractivity contribution in [2.24, 2.45) is 5.73 Å². The normalized spacial score (nSPS) is 27.4. The Kier molecular flexibility index (Phi) is 4.60. The summed E-state index contributed by atoms with van der Waals surface area (Å²) in [5, 5.41) is -0.169. The molecule has 0 aromatic carbocycles. The van der Waals surface area contributed by atoms with Crippen LogP contribution in [0.2, 0.25) is 0 Å². The number of hydrogen-bond acceptors (Lipinski definition) is 4. The second-order valence-corrected chi connectivity index (χ2v) is 8.23. The van der Waals surface area contributed by atoms with E-state index in [1.807, 2.05) is 0 Å². The highest BCUT2D eigenvalue weighted by atomic mass is 32.2. The lowest BCUT2D eigenvalue weighted by Gasteiger charge is -2.43. The Morgan fingerprint density at radius 3 is 2.41 bits per heavy atom. The second kappa shape index (κ2) is 5.24. The standard InChI is InChI=1S/C12H26N2O2S/c1-12(2,9-13)14(3)10-6-5-7-11(8-10)17(4,15)16/h10-11H,5-9,13H2,1-4H3. The first-order valence-corrected chi connectivity index (χ1v) is 8.26. The van der Waals surface area contributed by atoms with E-state index in [9.17, 15) is 8.42 Å². The SMILES string of the molecule is CN(C1CCCC(S(C)(=O)=O)C1)C(C)(C)CN. The summed E-state index contributed by atoms with van der Waals surface area (Å²) in [7, 11) is -0.845. The summed E-state index contributed by atoms with van der Waals surface area (Å²) < 4.78 is 23.3. The van der Waals surface area contributed by atoms with Gasteiger partial charge in [0.1, 0.15) is 9.84 Å². The molecule has 0 aromatic rings. The van der Waals surface area contributed by atoms with E-state index in [-0.39, 0.29) is 10.8 Å². The molecule has 0 heterocycles. The minimum atomic E-state index is -2.90. The van der Waals surface area contributed by atoms with Gasteiger partial charge in [-0.3, -0.25) is 4.90 Å². The Balaban J connectivity index is 2.74. The van der Waals surface area contributed by atoms with E-state index >= 15 is 0 Å². The van der Waals surface area contributed by atoms with E-state index in [1.54, 1.807) is 0 Å². The number of nitrogens with zero attached hydrogens (tertiary/aromatic N) is 1. The molecule has 0 amide bonds. The minimum absolute atomic E-state index is 0.0654. The first kappa shape index (κ1) is 14.9. The Morgan fingerprint density at radius 1 is 1.35 bits per heavy atom. The number of hydrogen-bond donors (Lipinski definition) is 1. The van der Waals surface area contributed by atoms with Crippen molar-refractivity contribution in [3.8, 4) is 0 Å². The lowest BCUT2D eigenvalue weighted by atomic mass is 9.90. The number of likely N-dealkylation sites (N-methyl/N-ethyl adjacent to an activating group) is 1. The van der Waals surface area contributed by atoms with Gasteiger partial charge in [0.15, 0.2) is 0 Å². The van der Waals surface area contributed by atoms with Gasteiger partial charge in [0.05, 0.1) is 5.25 Å². The van der Waals surface area contributed by atoms with Gasteiger partial charge in [0.2, 0.25) is 0 Å². The molecule has 5 heteroatoms. The van der Waals surface area contributed by atoms with Crippen LogP contribution >= 0.6 is 0 Å². The third kappa shape index (κ3) is 3.66. The van der Waals surface area contributed by atoms with Gasteiger partial charge < -0.3 is 5.73 Å². The summed E-state index contributed by atoms with van der Waals surface area (Å²) >= 11 is 0. The number of sulfone groups is 1. The molecule has 1 fully saturated rings. The number of nitrogens with two attached hydrogens (primary N) is 1. The molecule has 2 unspecified atom stereocenters. The van der Waals surface area contributed by atoms with Gasteiger partial charge in [-0.15, -0.1) is 0 Å². The lowest BCUT2D eigenvalue weighted by Crippen LogP contribution is -2.53. The van der Waals surface area contributed by atoms with Crippen molar-refractivity contribution >= 4 is 9.84 Å².